The molecule has 1 N–H and O–H groups in total. The standard InChI is InChI=1S/C26H30N8O4S/c1-7-22(35)19-15-28-24(34(5)23-12-11-17(14-27-23)39(36,37)32(2)3)13-21(19)30-20-10-8-9-18(25(20)38-6)26-29-16-33(4)31-26/h8-16H,7H2,1-6H3,(H,28,30). The number of hydrogen-bond donors (Lipinski definition) is 1. The molecule has 4 aromatic rings. The topological polar surface area (TPSA) is 135 Å². The average Bonchev–Trinajstić information content (AvgIpc) is 3.38. The Bertz CT molecular complexity index is 1600. The van der Waals surface area contributed by atoms with Gasteiger partial charge in [-0.1, -0.05) is 13.0 Å². The molecule has 0 aliphatic carbocycles. The predicted octanol–water partition coefficient (Wildman–Crippen LogP) is 3.64. The molecule has 0 saturated carbocycles. The molecule has 3 heterocycles. The molecule has 0 saturated heterocycles. The zero-order valence-corrected chi connectivity index (χ0v) is 23.4. The Morgan fingerprint density at radius 1 is 1.03 bits per heavy atom. The number of benzene rings is 1. The summed E-state index contributed by atoms with van der Waals surface area (Å²) in [5.74, 6) is 1.90. The van der Waals surface area contributed by atoms with E-state index >= 15 is 0 Å². The van der Waals surface area contributed by atoms with E-state index in [0.29, 0.717) is 52.1 Å². The molecular weight excluding hydrogens is 520 g/mol. The maximum absolute atomic E-state index is 12.8. The molecular formula is C26H30N8O4S. The van der Waals surface area contributed by atoms with Crippen molar-refractivity contribution in [2.75, 3.05) is 38.5 Å². The first-order valence-corrected chi connectivity index (χ1v) is 13.5. The van der Waals surface area contributed by atoms with E-state index in [1.54, 1.807) is 56.2 Å². The Hall–Kier alpha value is -4.36. The van der Waals surface area contributed by atoms with Crippen LogP contribution in [0.15, 0.2) is 60.0 Å². The molecule has 4 rings (SSSR count). The van der Waals surface area contributed by atoms with Crippen molar-refractivity contribution in [2.45, 2.75) is 18.2 Å². The van der Waals surface area contributed by atoms with E-state index in [9.17, 15) is 13.2 Å². The van der Waals surface area contributed by atoms with Crippen LogP contribution in [0.1, 0.15) is 23.7 Å². The maximum atomic E-state index is 12.8. The number of nitrogens with zero attached hydrogens (tertiary/aromatic N) is 7. The number of rotatable bonds is 10. The minimum atomic E-state index is -3.61. The molecule has 39 heavy (non-hydrogen) atoms. The minimum Gasteiger partial charge on any atom is -0.494 e. The van der Waals surface area contributed by atoms with Crippen molar-refractivity contribution in [1.29, 1.82) is 0 Å². The quantitative estimate of drug-likeness (QED) is 0.292. The largest absolute Gasteiger partial charge is 0.494 e. The number of hydrogen-bond acceptors (Lipinski definition) is 10. The van der Waals surface area contributed by atoms with Crippen molar-refractivity contribution >= 4 is 38.8 Å². The van der Waals surface area contributed by atoms with Crippen LogP contribution in [0.4, 0.5) is 23.0 Å². The molecule has 0 aliphatic heterocycles. The van der Waals surface area contributed by atoms with Crippen molar-refractivity contribution in [3.05, 3.63) is 60.7 Å². The van der Waals surface area contributed by atoms with Gasteiger partial charge in [-0.05, 0) is 24.3 Å². The first-order chi connectivity index (χ1) is 18.6. The van der Waals surface area contributed by atoms with E-state index in [0.717, 1.165) is 4.31 Å². The van der Waals surface area contributed by atoms with Gasteiger partial charge in [0.25, 0.3) is 0 Å². The number of carbonyl (C=O) groups is 1. The summed E-state index contributed by atoms with van der Waals surface area (Å²) in [4.78, 5) is 27.7. The van der Waals surface area contributed by atoms with Crippen LogP contribution >= 0.6 is 0 Å². The summed E-state index contributed by atoms with van der Waals surface area (Å²) in [6, 6.07) is 10.4. The van der Waals surface area contributed by atoms with Gasteiger partial charge in [0.05, 0.1) is 29.6 Å². The third-order valence-electron chi connectivity index (χ3n) is 6.03. The second kappa shape index (κ2) is 11.2. The van der Waals surface area contributed by atoms with Crippen LogP contribution in [-0.2, 0) is 17.1 Å². The Kier molecular flexibility index (Phi) is 7.93. The normalized spacial score (nSPS) is 11.5. The lowest BCUT2D eigenvalue weighted by Crippen LogP contribution is -2.22. The lowest BCUT2D eigenvalue weighted by Gasteiger charge is -2.21. The number of pyridine rings is 2. The van der Waals surface area contributed by atoms with Gasteiger partial charge in [-0.25, -0.2) is 27.7 Å². The number of anilines is 4. The number of nitrogens with one attached hydrogen (secondary N) is 1. The summed E-state index contributed by atoms with van der Waals surface area (Å²) in [7, 11) is 4.42. The summed E-state index contributed by atoms with van der Waals surface area (Å²) >= 11 is 0. The fraction of sp³-hybridized carbons (Fsp3) is 0.269. The second-order valence-corrected chi connectivity index (χ2v) is 11.0. The minimum absolute atomic E-state index is 0.0817. The highest BCUT2D eigenvalue weighted by Crippen LogP contribution is 2.38. The van der Waals surface area contributed by atoms with Crippen LogP contribution in [0.2, 0.25) is 0 Å². The van der Waals surface area contributed by atoms with E-state index in [4.69, 9.17) is 4.74 Å². The number of Topliss-reactive ketones (excluding diaryl/α,β-unsaturated/α-hetero) is 1. The van der Waals surface area contributed by atoms with Gasteiger partial charge in [-0.15, -0.1) is 0 Å². The average molecular weight is 551 g/mol. The Morgan fingerprint density at radius 2 is 1.77 bits per heavy atom. The summed E-state index contributed by atoms with van der Waals surface area (Å²) in [5.41, 5.74) is 2.24. The van der Waals surface area contributed by atoms with Crippen molar-refractivity contribution in [1.82, 2.24) is 29.0 Å². The van der Waals surface area contributed by atoms with Crippen LogP contribution in [0.3, 0.4) is 0 Å². The lowest BCUT2D eigenvalue weighted by molar-refractivity contribution is 0.0988. The van der Waals surface area contributed by atoms with E-state index in [2.05, 4.69) is 25.4 Å². The number of sulfonamides is 1. The molecule has 0 spiro atoms. The van der Waals surface area contributed by atoms with E-state index in [1.165, 1.54) is 32.6 Å². The zero-order chi connectivity index (χ0) is 28.3. The van der Waals surface area contributed by atoms with Gasteiger partial charge < -0.3 is 15.0 Å². The van der Waals surface area contributed by atoms with Crippen LogP contribution in [0.25, 0.3) is 11.4 Å². The highest BCUT2D eigenvalue weighted by atomic mass is 32.2. The number of ketones is 1. The molecule has 13 heteroatoms. The molecule has 204 valence electrons. The molecule has 0 radical (unpaired) electrons. The molecule has 0 amide bonds. The molecule has 0 fully saturated rings. The van der Waals surface area contributed by atoms with E-state index in [1.807, 2.05) is 18.2 Å². The summed E-state index contributed by atoms with van der Waals surface area (Å²) < 4.78 is 33.2. The van der Waals surface area contributed by atoms with E-state index < -0.39 is 10.0 Å². The van der Waals surface area contributed by atoms with Gasteiger partial charge in [0.15, 0.2) is 17.4 Å². The third-order valence-corrected chi connectivity index (χ3v) is 7.83. The molecule has 0 atom stereocenters. The number of para-hydroxylation sites is 1. The lowest BCUT2D eigenvalue weighted by atomic mass is 10.1. The number of ether oxygens (including phenoxy) is 1. The molecule has 1 aromatic carbocycles. The third kappa shape index (κ3) is 5.59. The summed E-state index contributed by atoms with van der Waals surface area (Å²) in [6.45, 7) is 1.79. The van der Waals surface area contributed by atoms with Crippen molar-refractivity contribution in [2.24, 2.45) is 7.05 Å². The Morgan fingerprint density at radius 3 is 2.36 bits per heavy atom. The Balaban J connectivity index is 1.72. The fourth-order valence-electron chi connectivity index (χ4n) is 3.83. The number of carbonyl (C=O) groups excluding carboxylic acids is 1. The van der Waals surface area contributed by atoms with Gasteiger partial charge in [0, 0.05) is 53.1 Å². The van der Waals surface area contributed by atoms with Crippen molar-refractivity contribution in [3.63, 3.8) is 0 Å². The SMILES string of the molecule is CCC(=O)c1cnc(N(C)c2ccc(S(=O)(=O)N(C)C)cn2)cc1Nc1cccc(-c2ncn(C)n2)c1OC. The van der Waals surface area contributed by atoms with Crippen LogP contribution in [0.5, 0.6) is 5.75 Å². The van der Waals surface area contributed by atoms with Gasteiger partial charge in [0.2, 0.25) is 10.0 Å². The number of aromatic nitrogens is 5. The van der Waals surface area contributed by atoms with Crippen LogP contribution in [-0.4, -0.2) is 71.5 Å². The highest BCUT2D eigenvalue weighted by molar-refractivity contribution is 7.89. The zero-order valence-electron chi connectivity index (χ0n) is 22.6. The predicted molar refractivity (Wildman–Crippen MR) is 148 cm³/mol. The van der Waals surface area contributed by atoms with Gasteiger partial charge in [0.1, 0.15) is 22.9 Å². The van der Waals surface area contributed by atoms with Gasteiger partial charge in [-0.3, -0.25) is 9.48 Å². The monoisotopic (exact) mass is 550 g/mol. The Labute approximate surface area is 227 Å². The van der Waals surface area contributed by atoms with Crippen LogP contribution < -0.4 is 15.0 Å². The summed E-state index contributed by atoms with van der Waals surface area (Å²) in [5, 5.41) is 7.71. The molecule has 12 nitrogen and oxygen atoms in total. The molecule has 0 unspecified atom stereocenters. The van der Waals surface area contributed by atoms with Crippen molar-refractivity contribution < 1.29 is 17.9 Å². The second-order valence-electron chi connectivity index (χ2n) is 8.82. The van der Waals surface area contributed by atoms with Gasteiger partial charge in [-0.2, -0.15) is 5.10 Å². The number of aryl methyl sites for hydroxylation is 1. The van der Waals surface area contributed by atoms with Crippen molar-refractivity contribution in [3.8, 4) is 17.1 Å². The van der Waals surface area contributed by atoms with Gasteiger partial charge >= 0.3 is 0 Å². The molecule has 0 bridgehead atoms. The first kappa shape index (κ1) is 27.7. The maximum Gasteiger partial charge on any atom is 0.244 e. The molecule has 3 aromatic heterocycles. The smallest absolute Gasteiger partial charge is 0.244 e. The number of methoxy groups -OCH3 is 1. The van der Waals surface area contributed by atoms with E-state index in [-0.39, 0.29) is 10.7 Å². The highest BCUT2D eigenvalue weighted by Gasteiger charge is 2.21. The first-order valence-electron chi connectivity index (χ1n) is 12.0. The fourth-order valence-corrected chi connectivity index (χ4v) is 4.68. The molecule has 0 aliphatic rings. The van der Waals surface area contributed by atoms with Crippen LogP contribution in [0, 0.1) is 0 Å². The summed E-state index contributed by atoms with van der Waals surface area (Å²) in [6.07, 6.45) is 4.72.